The lowest BCUT2D eigenvalue weighted by molar-refractivity contribution is -0.148. The molecule has 0 radical (unpaired) electrons. The summed E-state index contributed by atoms with van der Waals surface area (Å²) in [5, 5.41) is 3.19. The lowest BCUT2D eigenvalue weighted by Crippen LogP contribution is -2.50. The predicted octanol–water partition coefficient (Wildman–Crippen LogP) is 3.63. The highest BCUT2D eigenvalue weighted by Crippen LogP contribution is 2.23. The van der Waals surface area contributed by atoms with Crippen LogP contribution in [0.2, 0.25) is 0 Å². The van der Waals surface area contributed by atoms with Gasteiger partial charge in [0.1, 0.15) is 11.4 Å². The number of hydrogen-bond acceptors (Lipinski definition) is 4. The number of benzene rings is 1. The summed E-state index contributed by atoms with van der Waals surface area (Å²) < 4.78 is 18.3. The first-order valence-corrected chi connectivity index (χ1v) is 8.23. The topological polar surface area (TPSA) is 38.3 Å². The van der Waals surface area contributed by atoms with E-state index in [9.17, 15) is 9.18 Å². The summed E-state index contributed by atoms with van der Waals surface area (Å²) in [6.07, 6.45) is 2.53. The van der Waals surface area contributed by atoms with Crippen LogP contribution in [0.3, 0.4) is 0 Å². The van der Waals surface area contributed by atoms with Gasteiger partial charge in [0.15, 0.2) is 0 Å². The summed E-state index contributed by atoms with van der Waals surface area (Å²) in [5.41, 5.74) is -0.633. The van der Waals surface area contributed by atoms with Crippen LogP contribution in [0, 0.1) is 5.82 Å². The molecule has 0 aromatic heterocycles. The number of rotatable bonds is 9. The van der Waals surface area contributed by atoms with Gasteiger partial charge in [0.2, 0.25) is 0 Å². The fourth-order valence-corrected chi connectivity index (χ4v) is 3.15. The molecular weight excluding hydrogens is 289 g/mol. The number of nitrogens with one attached hydrogen (secondary N) is 1. The summed E-state index contributed by atoms with van der Waals surface area (Å²) in [5.74, 6) is 0.435. The third-order valence-corrected chi connectivity index (χ3v) is 4.50. The van der Waals surface area contributed by atoms with Crippen molar-refractivity contribution in [3.8, 4) is 0 Å². The number of carbonyl (C=O) groups excluding carboxylic acids is 1. The number of carbonyl (C=O) groups is 1. The van der Waals surface area contributed by atoms with Crippen molar-refractivity contribution in [1.29, 1.82) is 0 Å². The van der Waals surface area contributed by atoms with E-state index >= 15 is 0 Å². The second kappa shape index (κ2) is 9.05. The third-order valence-electron chi connectivity index (χ3n) is 3.37. The van der Waals surface area contributed by atoms with Gasteiger partial charge in [-0.15, -0.1) is 11.8 Å². The van der Waals surface area contributed by atoms with E-state index in [4.69, 9.17) is 4.74 Å². The van der Waals surface area contributed by atoms with Gasteiger partial charge in [-0.2, -0.15) is 0 Å². The molecule has 0 saturated carbocycles. The Hall–Kier alpha value is -1.07. The maximum Gasteiger partial charge on any atom is 0.325 e. The molecule has 1 aromatic carbocycles. The normalized spacial score (nSPS) is 13.7. The molecule has 0 bridgehead atoms. The highest BCUT2D eigenvalue weighted by molar-refractivity contribution is 7.99. The van der Waals surface area contributed by atoms with Crippen LogP contribution in [0.4, 0.5) is 4.39 Å². The fourth-order valence-electron chi connectivity index (χ4n) is 2.20. The third kappa shape index (κ3) is 5.67. The fraction of sp³-hybridized carbons (Fsp3) is 0.562. The van der Waals surface area contributed by atoms with Crippen LogP contribution >= 0.6 is 11.8 Å². The monoisotopic (exact) mass is 313 g/mol. The average Bonchev–Trinajstić information content (AvgIpc) is 2.48. The zero-order valence-corrected chi connectivity index (χ0v) is 13.8. The van der Waals surface area contributed by atoms with E-state index in [1.165, 1.54) is 24.9 Å². The van der Waals surface area contributed by atoms with Gasteiger partial charge in [-0.1, -0.05) is 25.5 Å². The maximum atomic E-state index is 13.4. The van der Waals surface area contributed by atoms with E-state index in [0.29, 0.717) is 11.3 Å². The van der Waals surface area contributed by atoms with Crippen molar-refractivity contribution >= 4 is 17.7 Å². The molecule has 0 aliphatic carbocycles. The molecule has 1 atom stereocenters. The summed E-state index contributed by atoms with van der Waals surface area (Å²) >= 11 is 1.51. The van der Waals surface area contributed by atoms with Gasteiger partial charge in [0.25, 0.3) is 0 Å². The molecule has 1 N–H and O–H groups in total. The molecule has 0 amide bonds. The molecule has 0 fully saturated rings. The molecule has 1 unspecified atom stereocenters. The zero-order chi connectivity index (χ0) is 15.7. The summed E-state index contributed by atoms with van der Waals surface area (Å²) in [6, 6.07) is 6.79. The number of unbranched alkanes of at least 4 members (excludes halogenated alkanes) is 1. The van der Waals surface area contributed by atoms with E-state index in [0.717, 1.165) is 25.1 Å². The first kappa shape index (κ1) is 18.0. The second-order valence-electron chi connectivity index (χ2n) is 5.09. The zero-order valence-electron chi connectivity index (χ0n) is 12.9. The van der Waals surface area contributed by atoms with Gasteiger partial charge in [0.05, 0.1) is 7.11 Å². The Kier molecular flexibility index (Phi) is 7.75. The molecule has 118 valence electrons. The highest BCUT2D eigenvalue weighted by atomic mass is 32.2. The van der Waals surface area contributed by atoms with Gasteiger partial charge in [-0.05, 0) is 44.2 Å². The molecule has 0 saturated heterocycles. The van der Waals surface area contributed by atoms with Gasteiger partial charge >= 0.3 is 5.97 Å². The minimum atomic E-state index is -0.633. The molecule has 0 aliphatic rings. The van der Waals surface area contributed by atoms with Gasteiger partial charge in [-0.25, -0.2) is 4.39 Å². The molecule has 0 spiro atoms. The Bertz CT molecular complexity index is 456. The van der Waals surface area contributed by atoms with Crippen molar-refractivity contribution in [2.24, 2.45) is 0 Å². The van der Waals surface area contributed by atoms with Crippen molar-refractivity contribution in [2.75, 3.05) is 19.4 Å². The molecule has 1 rings (SSSR count). The van der Waals surface area contributed by atoms with E-state index in [1.54, 1.807) is 12.1 Å². The number of likely N-dealkylation sites (N-methyl/N-ethyl adjacent to an activating group) is 1. The molecule has 3 nitrogen and oxygen atoms in total. The SMILES string of the molecule is CCNC(C)(CCCCSc1ccccc1F)C(=O)OC. The standard InChI is InChI=1S/C16H24FNO2S/c1-4-18-16(2,15(19)20-3)11-7-8-12-21-14-10-6-5-9-13(14)17/h5-6,9-10,18H,4,7-8,11-12H2,1-3H3. The maximum absolute atomic E-state index is 13.4. The quantitative estimate of drug-likeness (QED) is 0.429. The van der Waals surface area contributed by atoms with Crippen molar-refractivity contribution < 1.29 is 13.9 Å². The first-order chi connectivity index (χ1) is 10.0. The van der Waals surface area contributed by atoms with Crippen molar-refractivity contribution in [2.45, 2.75) is 43.5 Å². The number of methoxy groups -OCH3 is 1. The van der Waals surface area contributed by atoms with E-state index in [2.05, 4.69) is 5.32 Å². The molecule has 21 heavy (non-hydrogen) atoms. The molecule has 0 aliphatic heterocycles. The smallest absolute Gasteiger partial charge is 0.325 e. The Labute approximate surface area is 130 Å². The van der Waals surface area contributed by atoms with Crippen LogP contribution in [0.1, 0.15) is 33.1 Å². The molecule has 0 heterocycles. The first-order valence-electron chi connectivity index (χ1n) is 7.24. The lowest BCUT2D eigenvalue weighted by atomic mass is 9.95. The van der Waals surface area contributed by atoms with Crippen LogP contribution in [-0.4, -0.2) is 30.9 Å². The van der Waals surface area contributed by atoms with Crippen molar-refractivity contribution in [3.63, 3.8) is 0 Å². The molecule has 1 aromatic rings. The molecular formula is C16H24FNO2S. The van der Waals surface area contributed by atoms with Gasteiger partial charge in [-0.3, -0.25) is 4.79 Å². The van der Waals surface area contributed by atoms with Crippen LogP contribution in [0.15, 0.2) is 29.2 Å². The Morgan fingerprint density at radius 3 is 2.71 bits per heavy atom. The average molecular weight is 313 g/mol. The minimum Gasteiger partial charge on any atom is -0.468 e. The number of hydrogen-bond donors (Lipinski definition) is 1. The van der Waals surface area contributed by atoms with Crippen LogP contribution < -0.4 is 5.32 Å². The van der Waals surface area contributed by atoms with E-state index < -0.39 is 5.54 Å². The van der Waals surface area contributed by atoms with E-state index in [1.807, 2.05) is 19.9 Å². The Balaban J connectivity index is 2.35. The highest BCUT2D eigenvalue weighted by Gasteiger charge is 2.32. The van der Waals surface area contributed by atoms with Crippen molar-refractivity contribution in [1.82, 2.24) is 5.32 Å². The van der Waals surface area contributed by atoms with Crippen LogP contribution in [0.5, 0.6) is 0 Å². The Morgan fingerprint density at radius 1 is 1.38 bits per heavy atom. The minimum absolute atomic E-state index is 0.172. The lowest BCUT2D eigenvalue weighted by Gasteiger charge is -2.27. The second-order valence-corrected chi connectivity index (χ2v) is 6.23. The van der Waals surface area contributed by atoms with Crippen molar-refractivity contribution in [3.05, 3.63) is 30.1 Å². The number of ether oxygens (including phenoxy) is 1. The van der Waals surface area contributed by atoms with Gasteiger partial charge in [0, 0.05) is 4.90 Å². The Morgan fingerprint density at radius 2 is 2.10 bits per heavy atom. The summed E-state index contributed by atoms with van der Waals surface area (Å²) in [4.78, 5) is 12.5. The van der Waals surface area contributed by atoms with Crippen LogP contribution in [-0.2, 0) is 9.53 Å². The number of halogens is 1. The predicted molar refractivity (Wildman–Crippen MR) is 85.1 cm³/mol. The van der Waals surface area contributed by atoms with E-state index in [-0.39, 0.29) is 11.8 Å². The van der Waals surface area contributed by atoms with Crippen LogP contribution in [0.25, 0.3) is 0 Å². The summed E-state index contributed by atoms with van der Waals surface area (Å²) in [7, 11) is 1.41. The summed E-state index contributed by atoms with van der Waals surface area (Å²) in [6.45, 7) is 4.55. The number of esters is 1. The molecule has 5 heteroatoms. The largest absolute Gasteiger partial charge is 0.468 e. The van der Waals surface area contributed by atoms with Gasteiger partial charge < -0.3 is 10.1 Å². The number of thioether (sulfide) groups is 1.